The van der Waals surface area contributed by atoms with E-state index in [0.29, 0.717) is 5.56 Å². The molecule has 0 spiro atoms. The molecule has 0 aliphatic carbocycles. The van der Waals surface area contributed by atoms with Crippen LogP contribution in [0.2, 0.25) is 0 Å². The molecule has 3 aromatic rings. The molecular weight excluding hydrogens is 392 g/mol. The average molecular weight is 412 g/mol. The lowest BCUT2D eigenvalue weighted by molar-refractivity contribution is -0.384. The number of benzene rings is 3. The molecule has 0 unspecified atom stereocenters. The highest BCUT2D eigenvalue weighted by molar-refractivity contribution is 7.89. The van der Waals surface area contributed by atoms with Crippen molar-refractivity contribution in [1.82, 2.24) is 4.72 Å². The van der Waals surface area contributed by atoms with Crippen LogP contribution in [0.1, 0.15) is 17.2 Å². The minimum absolute atomic E-state index is 0.110. The lowest BCUT2D eigenvalue weighted by Crippen LogP contribution is -2.40. The van der Waals surface area contributed by atoms with Gasteiger partial charge < -0.3 is 5.11 Å². The quantitative estimate of drug-likeness (QED) is 0.436. The number of nitrogens with zero attached hydrogens (tertiary/aromatic N) is 1. The lowest BCUT2D eigenvalue weighted by Gasteiger charge is -2.24. The third-order valence-corrected chi connectivity index (χ3v) is 5.99. The number of aliphatic hydroxyl groups is 1. The van der Waals surface area contributed by atoms with E-state index in [1.54, 1.807) is 24.3 Å². The van der Waals surface area contributed by atoms with Crippen LogP contribution in [0.25, 0.3) is 0 Å². The molecule has 7 nitrogen and oxygen atoms in total. The summed E-state index contributed by atoms with van der Waals surface area (Å²) >= 11 is 0. The van der Waals surface area contributed by atoms with Crippen molar-refractivity contribution >= 4 is 15.7 Å². The summed E-state index contributed by atoms with van der Waals surface area (Å²) in [4.78, 5) is 10.1. The van der Waals surface area contributed by atoms with Crippen molar-refractivity contribution in [2.75, 3.05) is 0 Å². The van der Waals surface area contributed by atoms with Crippen molar-refractivity contribution in [2.45, 2.75) is 23.5 Å². The fourth-order valence-corrected chi connectivity index (χ4v) is 4.22. The smallest absolute Gasteiger partial charge is 0.269 e. The standard InChI is InChI=1S/C21H20N2O5S/c24-21(17-9-5-2-6-10-17)20(15-16-7-3-1-4-8-16)22-29(27,28)19-13-11-18(12-14-19)23(25)26/h1-14,20-22,24H,15H2/t20-,21+/m0/s1. The molecule has 0 aliphatic heterocycles. The summed E-state index contributed by atoms with van der Waals surface area (Å²) in [6.45, 7) is 0. The van der Waals surface area contributed by atoms with Crippen molar-refractivity contribution in [3.63, 3.8) is 0 Å². The lowest BCUT2D eigenvalue weighted by atomic mass is 9.97. The van der Waals surface area contributed by atoms with Gasteiger partial charge in [0.1, 0.15) is 0 Å². The van der Waals surface area contributed by atoms with E-state index in [4.69, 9.17) is 0 Å². The van der Waals surface area contributed by atoms with Crippen LogP contribution in [-0.2, 0) is 16.4 Å². The summed E-state index contributed by atoms with van der Waals surface area (Å²) in [7, 11) is -4.01. The van der Waals surface area contributed by atoms with E-state index in [1.165, 1.54) is 12.1 Å². The highest BCUT2D eigenvalue weighted by Crippen LogP contribution is 2.23. The van der Waals surface area contributed by atoms with Crippen molar-refractivity contribution in [1.29, 1.82) is 0 Å². The number of rotatable bonds is 8. The molecule has 3 rings (SSSR count). The summed E-state index contributed by atoms with van der Waals surface area (Å²) in [5.74, 6) is 0. The van der Waals surface area contributed by atoms with E-state index in [1.807, 2.05) is 36.4 Å². The molecule has 0 fully saturated rings. The van der Waals surface area contributed by atoms with E-state index in [2.05, 4.69) is 4.72 Å². The molecule has 0 saturated heterocycles. The third-order valence-electron chi connectivity index (χ3n) is 4.49. The van der Waals surface area contributed by atoms with Crippen LogP contribution in [0.3, 0.4) is 0 Å². The van der Waals surface area contributed by atoms with Gasteiger partial charge in [0.25, 0.3) is 5.69 Å². The Morgan fingerprint density at radius 1 is 0.897 bits per heavy atom. The van der Waals surface area contributed by atoms with E-state index < -0.39 is 27.1 Å². The van der Waals surface area contributed by atoms with Crippen molar-refractivity contribution < 1.29 is 18.4 Å². The van der Waals surface area contributed by atoms with Crippen LogP contribution in [-0.4, -0.2) is 24.5 Å². The van der Waals surface area contributed by atoms with Gasteiger partial charge in [-0.1, -0.05) is 60.7 Å². The maximum Gasteiger partial charge on any atom is 0.269 e. The van der Waals surface area contributed by atoms with Gasteiger partial charge in [0.15, 0.2) is 0 Å². The Kier molecular flexibility index (Phi) is 6.38. The Hall–Kier alpha value is -3.07. The predicted octanol–water partition coefficient (Wildman–Crippen LogP) is 3.22. The van der Waals surface area contributed by atoms with Crippen LogP contribution in [0.15, 0.2) is 89.8 Å². The number of nitrogens with one attached hydrogen (secondary N) is 1. The van der Waals surface area contributed by atoms with Gasteiger partial charge in [-0.2, -0.15) is 0 Å². The second kappa shape index (κ2) is 8.95. The number of sulfonamides is 1. The predicted molar refractivity (Wildman–Crippen MR) is 109 cm³/mol. The van der Waals surface area contributed by atoms with E-state index in [9.17, 15) is 23.6 Å². The van der Waals surface area contributed by atoms with Gasteiger partial charge in [-0.3, -0.25) is 10.1 Å². The number of non-ortho nitro benzene ring substituents is 1. The van der Waals surface area contributed by atoms with Crippen molar-refractivity contribution in [2.24, 2.45) is 0 Å². The molecule has 0 bridgehead atoms. The topological polar surface area (TPSA) is 110 Å². The zero-order valence-electron chi connectivity index (χ0n) is 15.4. The van der Waals surface area contributed by atoms with Crippen LogP contribution in [0, 0.1) is 10.1 Å². The molecule has 0 radical (unpaired) electrons. The first-order valence-corrected chi connectivity index (χ1v) is 10.4. The maximum absolute atomic E-state index is 12.9. The highest BCUT2D eigenvalue weighted by atomic mass is 32.2. The highest BCUT2D eigenvalue weighted by Gasteiger charge is 2.27. The average Bonchev–Trinajstić information content (AvgIpc) is 2.74. The number of hydrogen-bond donors (Lipinski definition) is 2. The SMILES string of the molecule is O=[N+]([O-])c1ccc(S(=O)(=O)N[C@@H](Cc2ccccc2)[C@H](O)c2ccccc2)cc1. The minimum Gasteiger partial charge on any atom is -0.387 e. The molecule has 0 heterocycles. The second-order valence-electron chi connectivity index (χ2n) is 6.52. The summed E-state index contributed by atoms with van der Waals surface area (Å²) < 4.78 is 28.3. The molecule has 0 aliphatic rings. The summed E-state index contributed by atoms with van der Waals surface area (Å²) in [6.07, 6.45) is -0.812. The van der Waals surface area contributed by atoms with Crippen molar-refractivity contribution in [3.05, 3.63) is 106 Å². The van der Waals surface area contributed by atoms with Gasteiger partial charge in [-0.25, -0.2) is 13.1 Å². The first-order chi connectivity index (χ1) is 13.9. The number of nitro benzene ring substituents is 1. The Balaban J connectivity index is 1.89. The maximum atomic E-state index is 12.9. The summed E-state index contributed by atoms with van der Waals surface area (Å²) in [5.41, 5.74) is 1.24. The Morgan fingerprint density at radius 2 is 1.45 bits per heavy atom. The monoisotopic (exact) mass is 412 g/mol. The zero-order valence-corrected chi connectivity index (χ0v) is 16.2. The fourth-order valence-electron chi connectivity index (χ4n) is 2.98. The van der Waals surface area contributed by atoms with Gasteiger partial charge in [0.2, 0.25) is 10.0 Å². The molecule has 8 heteroatoms. The zero-order chi connectivity index (χ0) is 20.9. The molecule has 29 heavy (non-hydrogen) atoms. The Labute approximate surface area is 168 Å². The van der Waals surface area contributed by atoms with Crippen molar-refractivity contribution in [3.8, 4) is 0 Å². The van der Waals surface area contributed by atoms with Gasteiger partial charge in [-0.05, 0) is 29.7 Å². The van der Waals surface area contributed by atoms with Crippen LogP contribution < -0.4 is 4.72 Å². The summed E-state index contributed by atoms with van der Waals surface area (Å²) in [6, 6.07) is 21.8. The number of aliphatic hydroxyl groups excluding tert-OH is 1. The van der Waals surface area contributed by atoms with Gasteiger partial charge in [0, 0.05) is 12.1 Å². The Morgan fingerprint density at radius 3 is 2.00 bits per heavy atom. The molecule has 0 aromatic heterocycles. The molecular formula is C21H20N2O5S. The fraction of sp³-hybridized carbons (Fsp3) is 0.143. The van der Waals surface area contributed by atoms with Gasteiger partial charge in [0.05, 0.1) is 22.0 Å². The van der Waals surface area contributed by atoms with E-state index in [-0.39, 0.29) is 17.0 Å². The number of nitro groups is 1. The third kappa shape index (κ3) is 5.26. The normalized spacial score (nSPS) is 13.6. The van der Waals surface area contributed by atoms with Crippen LogP contribution >= 0.6 is 0 Å². The molecule has 3 aromatic carbocycles. The van der Waals surface area contributed by atoms with Crippen LogP contribution in [0.5, 0.6) is 0 Å². The summed E-state index contributed by atoms with van der Waals surface area (Å²) in [5, 5.41) is 21.6. The first-order valence-electron chi connectivity index (χ1n) is 8.90. The van der Waals surface area contributed by atoms with E-state index >= 15 is 0 Å². The van der Waals surface area contributed by atoms with E-state index in [0.717, 1.165) is 17.7 Å². The molecule has 0 saturated carbocycles. The second-order valence-corrected chi connectivity index (χ2v) is 8.24. The molecule has 2 atom stereocenters. The Bertz CT molecular complexity index is 1060. The first kappa shape index (κ1) is 20.7. The van der Waals surface area contributed by atoms with Gasteiger partial charge >= 0.3 is 0 Å². The number of hydrogen-bond acceptors (Lipinski definition) is 5. The minimum atomic E-state index is -4.01. The molecule has 0 amide bonds. The van der Waals surface area contributed by atoms with Gasteiger partial charge in [-0.15, -0.1) is 0 Å². The van der Waals surface area contributed by atoms with Crippen LogP contribution in [0.4, 0.5) is 5.69 Å². The largest absolute Gasteiger partial charge is 0.387 e. The molecule has 2 N–H and O–H groups in total. The molecule has 150 valence electrons.